The Balaban J connectivity index is 1.38. The summed E-state index contributed by atoms with van der Waals surface area (Å²) in [5.41, 5.74) is 1.65. The fraction of sp³-hybridized carbons (Fsp3) is 0.429. The minimum atomic E-state index is -0.104. The van der Waals surface area contributed by atoms with E-state index >= 15 is 0 Å². The second-order valence-corrected chi connectivity index (χ2v) is 6.55. The SMILES string of the molecule is CCOc1ccccc1N1CCN(CCCNC(=O)c2ccccn2)CC1. The summed E-state index contributed by atoms with van der Waals surface area (Å²) >= 11 is 0. The van der Waals surface area contributed by atoms with Gasteiger partial charge in [-0.3, -0.25) is 14.7 Å². The predicted octanol–water partition coefficient (Wildman–Crippen LogP) is 2.42. The highest BCUT2D eigenvalue weighted by atomic mass is 16.5. The van der Waals surface area contributed by atoms with E-state index < -0.39 is 0 Å². The van der Waals surface area contributed by atoms with Gasteiger partial charge in [-0.1, -0.05) is 18.2 Å². The molecule has 144 valence electrons. The molecule has 27 heavy (non-hydrogen) atoms. The van der Waals surface area contributed by atoms with Crippen molar-refractivity contribution in [3.05, 3.63) is 54.4 Å². The quantitative estimate of drug-likeness (QED) is 0.725. The average Bonchev–Trinajstić information content (AvgIpc) is 2.73. The average molecular weight is 368 g/mol. The third-order valence-corrected chi connectivity index (χ3v) is 4.71. The lowest BCUT2D eigenvalue weighted by atomic mass is 10.2. The minimum Gasteiger partial charge on any atom is -0.492 e. The van der Waals surface area contributed by atoms with Crippen LogP contribution < -0.4 is 15.0 Å². The van der Waals surface area contributed by atoms with E-state index in [1.165, 1.54) is 5.69 Å². The third kappa shape index (κ3) is 5.44. The van der Waals surface area contributed by atoms with Crippen molar-refractivity contribution >= 4 is 11.6 Å². The van der Waals surface area contributed by atoms with Gasteiger partial charge in [-0.05, 0) is 44.2 Å². The fourth-order valence-corrected chi connectivity index (χ4v) is 3.30. The number of rotatable bonds is 8. The molecule has 0 atom stereocenters. The van der Waals surface area contributed by atoms with Crippen LogP contribution in [0.5, 0.6) is 5.75 Å². The molecule has 0 spiro atoms. The van der Waals surface area contributed by atoms with E-state index in [9.17, 15) is 4.79 Å². The molecule has 1 aromatic carbocycles. The van der Waals surface area contributed by atoms with Crippen molar-refractivity contribution < 1.29 is 9.53 Å². The number of nitrogens with zero attached hydrogens (tertiary/aromatic N) is 3. The maximum Gasteiger partial charge on any atom is 0.269 e. The number of carbonyl (C=O) groups is 1. The van der Waals surface area contributed by atoms with E-state index in [0.29, 0.717) is 18.8 Å². The highest BCUT2D eigenvalue weighted by Crippen LogP contribution is 2.28. The Labute approximate surface area is 161 Å². The van der Waals surface area contributed by atoms with Crippen LogP contribution in [-0.2, 0) is 0 Å². The van der Waals surface area contributed by atoms with Crippen LogP contribution >= 0.6 is 0 Å². The molecule has 3 rings (SSSR count). The van der Waals surface area contributed by atoms with E-state index in [2.05, 4.69) is 32.2 Å². The second-order valence-electron chi connectivity index (χ2n) is 6.55. The third-order valence-electron chi connectivity index (χ3n) is 4.71. The summed E-state index contributed by atoms with van der Waals surface area (Å²) in [6, 6.07) is 13.6. The number of aromatic nitrogens is 1. The van der Waals surface area contributed by atoms with Crippen LogP contribution in [0.25, 0.3) is 0 Å². The molecule has 6 heteroatoms. The number of carbonyl (C=O) groups excluding carboxylic acids is 1. The van der Waals surface area contributed by atoms with Gasteiger partial charge in [0.2, 0.25) is 0 Å². The normalized spacial score (nSPS) is 14.8. The second kappa shape index (κ2) is 9.92. The number of pyridine rings is 1. The summed E-state index contributed by atoms with van der Waals surface area (Å²) < 4.78 is 5.75. The molecule has 0 unspecified atom stereocenters. The number of piperazine rings is 1. The van der Waals surface area contributed by atoms with Crippen LogP contribution in [-0.4, -0.2) is 61.7 Å². The van der Waals surface area contributed by atoms with Crippen LogP contribution in [0, 0.1) is 0 Å². The fourth-order valence-electron chi connectivity index (χ4n) is 3.30. The molecule has 0 aliphatic carbocycles. The van der Waals surface area contributed by atoms with Gasteiger partial charge in [0.1, 0.15) is 11.4 Å². The molecule has 0 bridgehead atoms. The molecule has 1 saturated heterocycles. The van der Waals surface area contributed by atoms with Crippen LogP contribution in [0.2, 0.25) is 0 Å². The Hall–Kier alpha value is -2.60. The smallest absolute Gasteiger partial charge is 0.269 e. The molecular weight excluding hydrogens is 340 g/mol. The summed E-state index contributed by atoms with van der Waals surface area (Å²) in [4.78, 5) is 20.9. The standard InChI is InChI=1S/C21H28N4O2/c1-2-27-20-10-4-3-9-19(20)25-16-14-24(15-17-25)13-7-12-23-21(26)18-8-5-6-11-22-18/h3-6,8-11H,2,7,12-17H2,1H3,(H,23,26). The molecule has 0 radical (unpaired) electrons. The molecular formula is C21H28N4O2. The minimum absolute atomic E-state index is 0.104. The number of nitrogens with one attached hydrogen (secondary N) is 1. The molecule has 1 amide bonds. The van der Waals surface area contributed by atoms with Crippen LogP contribution in [0.3, 0.4) is 0 Å². The van der Waals surface area contributed by atoms with Crippen molar-refractivity contribution in [2.45, 2.75) is 13.3 Å². The Morgan fingerprint density at radius 1 is 1.11 bits per heavy atom. The topological polar surface area (TPSA) is 57.7 Å². The van der Waals surface area contributed by atoms with E-state index in [0.717, 1.165) is 44.9 Å². The summed E-state index contributed by atoms with van der Waals surface area (Å²) in [5.74, 6) is 0.860. The molecule has 6 nitrogen and oxygen atoms in total. The maximum atomic E-state index is 12.0. The van der Waals surface area contributed by atoms with E-state index in [-0.39, 0.29) is 5.91 Å². The summed E-state index contributed by atoms with van der Waals surface area (Å²) in [6.45, 7) is 8.38. The first kappa shape index (κ1) is 19.2. The molecule has 2 heterocycles. The molecule has 2 aromatic rings. The van der Waals surface area contributed by atoms with Crippen molar-refractivity contribution in [3.8, 4) is 5.75 Å². The van der Waals surface area contributed by atoms with Gasteiger partial charge in [0.25, 0.3) is 5.91 Å². The number of benzene rings is 1. The van der Waals surface area contributed by atoms with Crippen molar-refractivity contribution in [1.29, 1.82) is 0 Å². The van der Waals surface area contributed by atoms with Crippen LogP contribution in [0.15, 0.2) is 48.7 Å². The van der Waals surface area contributed by atoms with Gasteiger partial charge >= 0.3 is 0 Å². The number of para-hydroxylation sites is 2. The lowest BCUT2D eigenvalue weighted by molar-refractivity contribution is 0.0946. The lowest BCUT2D eigenvalue weighted by Gasteiger charge is -2.36. The summed E-state index contributed by atoms with van der Waals surface area (Å²) in [7, 11) is 0. The molecule has 1 N–H and O–H groups in total. The van der Waals surface area contributed by atoms with E-state index in [4.69, 9.17) is 4.74 Å². The van der Waals surface area contributed by atoms with Gasteiger partial charge in [0.05, 0.1) is 12.3 Å². The zero-order valence-corrected chi connectivity index (χ0v) is 15.9. The monoisotopic (exact) mass is 368 g/mol. The Morgan fingerprint density at radius 2 is 1.89 bits per heavy atom. The maximum absolute atomic E-state index is 12.0. The number of hydrogen-bond acceptors (Lipinski definition) is 5. The molecule has 1 aliphatic heterocycles. The number of ether oxygens (including phenoxy) is 1. The highest BCUT2D eigenvalue weighted by Gasteiger charge is 2.19. The number of hydrogen-bond donors (Lipinski definition) is 1. The van der Waals surface area contributed by atoms with Gasteiger partial charge in [0, 0.05) is 38.9 Å². The van der Waals surface area contributed by atoms with Gasteiger partial charge in [-0.15, -0.1) is 0 Å². The van der Waals surface area contributed by atoms with Gasteiger partial charge in [-0.2, -0.15) is 0 Å². The molecule has 0 saturated carbocycles. The van der Waals surface area contributed by atoms with Crippen LogP contribution in [0.1, 0.15) is 23.8 Å². The predicted molar refractivity (Wildman–Crippen MR) is 107 cm³/mol. The van der Waals surface area contributed by atoms with Crippen molar-refractivity contribution in [3.63, 3.8) is 0 Å². The Kier molecular flexibility index (Phi) is 7.04. The number of amides is 1. The molecule has 1 aliphatic rings. The highest BCUT2D eigenvalue weighted by molar-refractivity contribution is 5.92. The van der Waals surface area contributed by atoms with Gasteiger partial charge < -0.3 is 15.0 Å². The van der Waals surface area contributed by atoms with Crippen molar-refractivity contribution in [2.24, 2.45) is 0 Å². The largest absolute Gasteiger partial charge is 0.492 e. The summed E-state index contributed by atoms with van der Waals surface area (Å²) in [5, 5.41) is 2.94. The van der Waals surface area contributed by atoms with E-state index in [1.807, 2.05) is 31.2 Å². The van der Waals surface area contributed by atoms with Gasteiger partial charge in [0.15, 0.2) is 0 Å². The summed E-state index contributed by atoms with van der Waals surface area (Å²) in [6.07, 6.45) is 2.58. The molecule has 1 aromatic heterocycles. The zero-order chi connectivity index (χ0) is 18.9. The van der Waals surface area contributed by atoms with E-state index in [1.54, 1.807) is 12.3 Å². The number of anilines is 1. The lowest BCUT2D eigenvalue weighted by Crippen LogP contribution is -2.47. The first-order valence-corrected chi connectivity index (χ1v) is 9.66. The van der Waals surface area contributed by atoms with Gasteiger partial charge in [-0.25, -0.2) is 0 Å². The Morgan fingerprint density at radius 3 is 2.63 bits per heavy atom. The Bertz CT molecular complexity index is 715. The first-order valence-electron chi connectivity index (χ1n) is 9.66. The van der Waals surface area contributed by atoms with Crippen molar-refractivity contribution in [2.75, 3.05) is 50.8 Å². The zero-order valence-electron chi connectivity index (χ0n) is 15.9. The first-order chi connectivity index (χ1) is 13.3. The van der Waals surface area contributed by atoms with Crippen molar-refractivity contribution in [1.82, 2.24) is 15.2 Å². The molecule has 1 fully saturated rings. The van der Waals surface area contributed by atoms with Crippen LogP contribution in [0.4, 0.5) is 5.69 Å².